The first-order valence-corrected chi connectivity index (χ1v) is 7.50. The van der Waals surface area contributed by atoms with Gasteiger partial charge < -0.3 is 5.73 Å². The van der Waals surface area contributed by atoms with Crippen LogP contribution in [0.4, 0.5) is 0 Å². The SMILES string of the molecule is NC(CCc1ccsc1)c1ccc(Cl)cc1Br. The van der Waals surface area contributed by atoms with Gasteiger partial charge in [0.2, 0.25) is 0 Å². The Morgan fingerprint density at radius 3 is 2.82 bits per heavy atom. The quantitative estimate of drug-likeness (QED) is 0.856. The van der Waals surface area contributed by atoms with E-state index in [1.165, 1.54) is 5.56 Å². The standard InChI is InChI=1S/C13H13BrClNS/c14-12-7-10(15)2-3-11(12)13(16)4-1-9-5-6-17-8-9/h2-3,5-8,13H,1,4,16H2. The first kappa shape index (κ1) is 13.1. The van der Waals surface area contributed by atoms with Gasteiger partial charge in [0.1, 0.15) is 0 Å². The van der Waals surface area contributed by atoms with E-state index in [0.717, 1.165) is 27.9 Å². The van der Waals surface area contributed by atoms with Crippen LogP contribution in [-0.4, -0.2) is 0 Å². The average Bonchev–Trinajstić information content (AvgIpc) is 2.78. The largest absolute Gasteiger partial charge is 0.324 e. The Morgan fingerprint density at radius 2 is 2.18 bits per heavy atom. The third-order valence-electron chi connectivity index (χ3n) is 2.69. The lowest BCUT2D eigenvalue weighted by Crippen LogP contribution is -2.11. The molecule has 0 bridgehead atoms. The summed E-state index contributed by atoms with van der Waals surface area (Å²) in [6.07, 6.45) is 1.96. The zero-order valence-electron chi connectivity index (χ0n) is 9.20. The van der Waals surface area contributed by atoms with E-state index in [4.69, 9.17) is 17.3 Å². The molecule has 0 fully saturated rings. The van der Waals surface area contributed by atoms with Crippen molar-refractivity contribution < 1.29 is 0 Å². The molecule has 1 unspecified atom stereocenters. The summed E-state index contributed by atoms with van der Waals surface area (Å²) in [5.41, 5.74) is 8.67. The second-order valence-corrected chi connectivity index (χ2v) is 6.01. The molecule has 4 heteroatoms. The fourth-order valence-corrected chi connectivity index (χ4v) is 3.39. The summed E-state index contributed by atoms with van der Waals surface area (Å²) in [4.78, 5) is 0. The maximum Gasteiger partial charge on any atom is 0.0417 e. The summed E-state index contributed by atoms with van der Waals surface area (Å²) in [6, 6.07) is 7.95. The minimum atomic E-state index is 0.0431. The molecular formula is C13H13BrClNS. The third kappa shape index (κ3) is 3.55. The lowest BCUT2D eigenvalue weighted by atomic mass is 10.0. The summed E-state index contributed by atoms with van der Waals surface area (Å²) >= 11 is 11.1. The Balaban J connectivity index is 2.01. The van der Waals surface area contributed by atoms with Crippen molar-refractivity contribution in [2.45, 2.75) is 18.9 Å². The van der Waals surface area contributed by atoms with Crippen LogP contribution in [0.25, 0.3) is 0 Å². The lowest BCUT2D eigenvalue weighted by Gasteiger charge is -2.13. The molecule has 0 aliphatic rings. The summed E-state index contributed by atoms with van der Waals surface area (Å²) in [5, 5.41) is 4.99. The fraction of sp³-hybridized carbons (Fsp3) is 0.231. The molecule has 0 aliphatic heterocycles. The highest BCUT2D eigenvalue weighted by atomic mass is 79.9. The van der Waals surface area contributed by atoms with Gasteiger partial charge in [-0.15, -0.1) is 0 Å². The molecule has 0 saturated carbocycles. The van der Waals surface area contributed by atoms with Crippen molar-refractivity contribution >= 4 is 38.9 Å². The second-order valence-electron chi connectivity index (χ2n) is 3.94. The predicted octanol–water partition coefficient (Wildman–Crippen LogP) is 4.80. The molecule has 2 aromatic rings. The summed E-state index contributed by atoms with van der Waals surface area (Å²) < 4.78 is 0.989. The summed E-state index contributed by atoms with van der Waals surface area (Å²) in [6.45, 7) is 0. The van der Waals surface area contributed by atoms with Gasteiger partial charge in [0.05, 0.1) is 0 Å². The molecule has 1 nitrogen and oxygen atoms in total. The highest BCUT2D eigenvalue weighted by molar-refractivity contribution is 9.10. The molecule has 1 aromatic heterocycles. The fourth-order valence-electron chi connectivity index (χ4n) is 1.71. The van der Waals surface area contributed by atoms with Gasteiger partial charge in [0.15, 0.2) is 0 Å². The van der Waals surface area contributed by atoms with Crippen LogP contribution in [0.5, 0.6) is 0 Å². The van der Waals surface area contributed by atoms with Crippen LogP contribution in [0.3, 0.4) is 0 Å². The van der Waals surface area contributed by atoms with Crippen molar-refractivity contribution in [3.63, 3.8) is 0 Å². The molecule has 1 aromatic carbocycles. The van der Waals surface area contributed by atoms with Gasteiger partial charge in [-0.2, -0.15) is 11.3 Å². The number of halogens is 2. The van der Waals surface area contributed by atoms with Gasteiger partial charge in [-0.05, 0) is 52.9 Å². The molecule has 17 heavy (non-hydrogen) atoms. The number of nitrogens with two attached hydrogens (primary N) is 1. The zero-order chi connectivity index (χ0) is 12.3. The van der Waals surface area contributed by atoms with Crippen LogP contribution >= 0.6 is 38.9 Å². The maximum atomic E-state index is 6.19. The van der Waals surface area contributed by atoms with Crippen molar-refractivity contribution in [1.29, 1.82) is 0 Å². The highest BCUT2D eigenvalue weighted by Crippen LogP contribution is 2.28. The smallest absolute Gasteiger partial charge is 0.0417 e. The molecule has 1 atom stereocenters. The number of benzene rings is 1. The monoisotopic (exact) mass is 329 g/mol. The van der Waals surface area contributed by atoms with Gasteiger partial charge >= 0.3 is 0 Å². The van der Waals surface area contributed by atoms with Crippen LogP contribution < -0.4 is 5.73 Å². The summed E-state index contributed by atoms with van der Waals surface area (Å²) in [5.74, 6) is 0. The lowest BCUT2D eigenvalue weighted by molar-refractivity contribution is 0.650. The topological polar surface area (TPSA) is 26.0 Å². The second kappa shape index (κ2) is 6.01. The van der Waals surface area contributed by atoms with E-state index in [2.05, 4.69) is 32.8 Å². The van der Waals surface area contributed by atoms with Gasteiger partial charge in [-0.3, -0.25) is 0 Å². The Morgan fingerprint density at radius 1 is 1.35 bits per heavy atom. The molecule has 0 amide bonds. The zero-order valence-corrected chi connectivity index (χ0v) is 12.4. The van der Waals surface area contributed by atoms with E-state index in [0.29, 0.717) is 0 Å². The van der Waals surface area contributed by atoms with Crippen molar-refractivity contribution in [1.82, 2.24) is 0 Å². The Bertz CT molecular complexity index is 484. The molecule has 0 radical (unpaired) electrons. The van der Waals surface area contributed by atoms with Crippen LogP contribution in [0, 0.1) is 0 Å². The average molecular weight is 331 g/mol. The molecular weight excluding hydrogens is 318 g/mol. The highest BCUT2D eigenvalue weighted by Gasteiger charge is 2.10. The van der Waals surface area contributed by atoms with Crippen LogP contribution in [0.1, 0.15) is 23.6 Å². The van der Waals surface area contributed by atoms with E-state index in [-0.39, 0.29) is 6.04 Å². The molecule has 0 aliphatic carbocycles. The predicted molar refractivity (Wildman–Crippen MR) is 78.7 cm³/mol. The molecule has 1 heterocycles. The van der Waals surface area contributed by atoms with Crippen LogP contribution in [-0.2, 0) is 6.42 Å². The van der Waals surface area contributed by atoms with E-state index < -0.39 is 0 Å². The number of rotatable bonds is 4. The number of hydrogen-bond donors (Lipinski definition) is 1. The first-order chi connectivity index (χ1) is 8.16. The van der Waals surface area contributed by atoms with Gasteiger partial charge in [0, 0.05) is 15.5 Å². The molecule has 2 N–H and O–H groups in total. The minimum absolute atomic E-state index is 0.0431. The molecule has 2 rings (SSSR count). The van der Waals surface area contributed by atoms with E-state index >= 15 is 0 Å². The van der Waals surface area contributed by atoms with Crippen LogP contribution in [0.15, 0.2) is 39.5 Å². The first-order valence-electron chi connectivity index (χ1n) is 5.38. The maximum absolute atomic E-state index is 6.19. The van der Waals surface area contributed by atoms with Gasteiger partial charge in [-0.25, -0.2) is 0 Å². The number of aryl methyl sites for hydroxylation is 1. The van der Waals surface area contributed by atoms with Gasteiger partial charge in [0.25, 0.3) is 0 Å². The summed E-state index contributed by atoms with van der Waals surface area (Å²) in [7, 11) is 0. The van der Waals surface area contributed by atoms with E-state index in [1.807, 2.05) is 18.2 Å². The molecule has 0 saturated heterocycles. The van der Waals surface area contributed by atoms with Crippen LogP contribution in [0.2, 0.25) is 5.02 Å². The van der Waals surface area contributed by atoms with E-state index in [1.54, 1.807) is 11.3 Å². The Labute approximate surface area is 119 Å². The molecule has 90 valence electrons. The number of thiophene rings is 1. The van der Waals surface area contributed by atoms with E-state index in [9.17, 15) is 0 Å². The normalized spacial score (nSPS) is 12.6. The Kier molecular flexibility index (Phi) is 4.62. The molecule has 0 spiro atoms. The Hall–Kier alpha value is -0.350. The van der Waals surface area contributed by atoms with Gasteiger partial charge in [-0.1, -0.05) is 33.6 Å². The number of hydrogen-bond acceptors (Lipinski definition) is 2. The van der Waals surface area contributed by atoms with Crippen molar-refractivity contribution in [2.75, 3.05) is 0 Å². The van der Waals surface area contributed by atoms with Crippen molar-refractivity contribution in [3.8, 4) is 0 Å². The van der Waals surface area contributed by atoms with Crippen molar-refractivity contribution in [2.24, 2.45) is 5.73 Å². The van der Waals surface area contributed by atoms with Crippen molar-refractivity contribution in [3.05, 3.63) is 55.6 Å². The minimum Gasteiger partial charge on any atom is -0.324 e. The third-order valence-corrected chi connectivity index (χ3v) is 4.34.